The number of piperazine rings is 1. The fourth-order valence-corrected chi connectivity index (χ4v) is 3.15. The number of nitrogens with one attached hydrogen (secondary N) is 1. The molecule has 5 nitrogen and oxygen atoms in total. The van der Waals surface area contributed by atoms with Gasteiger partial charge in [0.1, 0.15) is 0 Å². The Balaban J connectivity index is 0.00000176. The Morgan fingerprint density at radius 1 is 1.32 bits per heavy atom. The highest BCUT2D eigenvalue weighted by atomic mass is 35.5. The van der Waals surface area contributed by atoms with Gasteiger partial charge >= 0.3 is 0 Å². The first kappa shape index (κ1) is 16.8. The largest absolute Gasteiger partial charge is 0.340 e. The van der Waals surface area contributed by atoms with Crippen LogP contribution >= 0.6 is 12.4 Å². The molecule has 2 aliphatic rings. The number of likely N-dealkylation sites (N-methyl/N-ethyl adjacent to an activating group) is 1. The van der Waals surface area contributed by atoms with E-state index in [1.165, 1.54) is 5.56 Å². The van der Waals surface area contributed by atoms with Crippen LogP contribution in [0.5, 0.6) is 0 Å². The summed E-state index contributed by atoms with van der Waals surface area (Å²) in [6.45, 7) is 4.88. The number of rotatable bonds is 3. The highest BCUT2D eigenvalue weighted by Crippen LogP contribution is 2.28. The molecule has 1 unspecified atom stereocenters. The van der Waals surface area contributed by atoms with Crippen molar-refractivity contribution in [3.05, 3.63) is 29.8 Å². The van der Waals surface area contributed by atoms with E-state index < -0.39 is 0 Å². The standard InChI is InChI=1S/C16H21N3O2.ClH/c1-2-18-10-8-17-13(16(18)21)11-15(20)19-9-7-12-5-3-4-6-14(12)19;/h3-6,13,17H,2,7-11H2,1H3;1H. The molecule has 2 amide bonds. The average Bonchev–Trinajstić information content (AvgIpc) is 2.93. The predicted octanol–water partition coefficient (Wildman–Crippen LogP) is 1.21. The lowest BCUT2D eigenvalue weighted by atomic mass is 10.1. The Labute approximate surface area is 137 Å². The fourth-order valence-electron chi connectivity index (χ4n) is 3.15. The molecule has 1 aromatic rings. The molecule has 1 saturated heterocycles. The van der Waals surface area contributed by atoms with Crippen molar-refractivity contribution in [1.82, 2.24) is 10.2 Å². The SMILES string of the molecule is CCN1CCNC(CC(=O)N2CCc3ccccc32)C1=O.Cl. The van der Waals surface area contributed by atoms with Crippen LogP contribution in [0, 0.1) is 0 Å². The first-order chi connectivity index (χ1) is 10.2. The van der Waals surface area contributed by atoms with Crippen molar-refractivity contribution in [3.63, 3.8) is 0 Å². The van der Waals surface area contributed by atoms with Gasteiger partial charge < -0.3 is 15.1 Å². The molecule has 1 aromatic carbocycles. The second-order valence-electron chi connectivity index (χ2n) is 5.55. The highest BCUT2D eigenvalue weighted by molar-refractivity contribution is 5.98. The minimum absolute atomic E-state index is 0. The normalized spacial score (nSPS) is 20.6. The zero-order valence-corrected chi connectivity index (χ0v) is 13.6. The predicted molar refractivity (Wildman–Crippen MR) is 88.4 cm³/mol. The van der Waals surface area contributed by atoms with E-state index in [2.05, 4.69) is 11.4 Å². The maximum absolute atomic E-state index is 12.5. The molecule has 0 saturated carbocycles. The van der Waals surface area contributed by atoms with Crippen molar-refractivity contribution in [1.29, 1.82) is 0 Å². The second-order valence-corrected chi connectivity index (χ2v) is 5.55. The van der Waals surface area contributed by atoms with Crippen LogP contribution in [0.1, 0.15) is 18.9 Å². The van der Waals surface area contributed by atoms with Crippen LogP contribution < -0.4 is 10.2 Å². The van der Waals surface area contributed by atoms with E-state index in [9.17, 15) is 9.59 Å². The third-order valence-corrected chi connectivity index (χ3v) is 4.33. The summed E-state index contributed by atoms with van der Waals surface area (Å²) in [7, 11) is 0. The van der Waals surface area contributed by atoms with Crippen LogP contribution in [-0.4, -0.2) is 48.9 Å². The maximum atomic E-state index is 12.5. The summed E-state index contributed by atoms with van der Waals surface area (Å²) in [5.74, 6) is 0.0772. The van der Waals surface area contributed by atoms with Crippen molar-refractivity contribution >= 4 is 29.9 Å². The Morgan fingerprint density at radius 3 is 2.86 bits per heavy atom. The van der Waals surface area contributed by atoms with Gasteiger partial charge in [-0.15, -0.1) is 12.4 Å². The summed E-state index contributed by atoms with van der Waals surface area (Å²) in [6.07, 6.45) is 1.14. The molecule has 2 heterocycles. The Bertz CT molecular complexity index is 564. The monoisotopic (exact) mass is 323 g/mol. The van der Waals surface area contributed by atoms with Crippen molar-refractivity contribution in [2.75, 3.05) is 31.1 Å². The summed E-state index contributed by atoms with van der Waals surface area (Å²) in [4.78, 5) is 28.4. The maximum Gasteiger partial charge on any atom is 0.240 e. The van der Waals surface area contributed by atoms with E-state index in [1.54, 1.807) is 0 Å². The summed E-state index contributed by atoms with van der Waals surface area (Å²) < 4.78 is 0. The third kappa shape index (κ3) is 3.10. The number of anilines is 1. The van der Waals surface area contributed by atoms with Crippen molar-refractivity contribution in [3.8, 4) is 0 Å². The van der Waals surface area contributed by atoms with Crippen LogP contribution in [-0.2, 0) is 16.0 Å². The minimum atomic E-state index is -0.376. The highest BCUT2D eigenvalue weighted by Gasteiger charge is 2.32. The molecule has 0 radical (unpaired) electrons. The molecule has 0 bridgehead atoms. The average molecular weight is 324 g/mol. The smallest absolute Gasteiger partial charge is 0.240 e. The molecule has 0 aliphatic carbocycles. The number of fused-ring (bicyclic) bond motifs is 1. The topological polar surface area (TPSA) is 52.7 Å². The summed E-state index contributed by atoms with van der Waals surface area (Å²) >= 11 is 0. The van der Waals surface area contributed by atoms with Gasteiger partial charge in [-0.25, -0.2) is 0 Å². The van der Waals surface area contributed by atoms with E-state index in [-0.39, 0.29) is 36.7 Å². The number of benzene rings is 1. The van der Waals surface area contributed by atoms with E-state index in [1.807, 2.05) is 34.9 Å². The number of amides is 2. The lowest BCUT2D eigenvalue weighted by Crippen LogP contribution is -2.56. The number of hydrogen-bond acceptors (Lipinski definition) is 3. The van der Waals surface area contributed by atoms with Crippen molar-refractivity contribution in [2.24, 2.45) is 0 Å². The van der Waals surface area contributed by atoms with Gasteiger partial charge in [0.25, 0.3) is 0 Å². The molecule has 3 rings (SSSR count). The molecular formula is C16H22ClN3O2. The van der Waals surface area contributed by atoms with Crippen LogP contribution in [0.25, 0.3) is 0 Å². The van der Waals surface area contributed by atoms with Crippen molar-refractivity contribution in [2.45, 2.75) is 25.8 Å². The minimum Gasteiger partial charge on any atom is -0.340 e. The Morgan fingerprint density at radius 2 is 2.09 bits per heavy atom. The lowest BCUT2D eigenvalue weighted by molar-refractivity contribution is -0.137. The third-order valence-electron chi connectivity index (χ3n) is 4.33. The summed E-state index contributed by atoms with van der Waals surface area (Å²) in [6, 6.07) is 7.62. The first-order valence-electron chi connectivity index (χ1n) is 7.61. The van der Waals surface area contributed by atoms with E-state index in [0.717, 1.165) is 31.7 Å². The Kier molecular flexibility index (Phi) is 5.42. The van der Waals surface area contributed by atoms with Crippen LogP contribution in [0.15, 0.2) is 24.3 Å². The number of para-hydroxylation sites is 1. The molecule has 0 aromatic heterocycles. The van der Waals surface area contributed by atoms with Crippen LogP contribution in [0.4, 0.5) is 5.69 Å². The molecule has 2 aliphatic heterocycles. The molecule has 1 fully saturated rings. The second kappa shape index (κ2) is 7.11. The molecule has 1 N–H and O–H groups in total. The number of halogens is 1. The molecule has 120 valence electrons. The van der Waals surface area contributed by atoms with E-state index in [0.29, 0.717) is 6.54 Å². The number of carbonyl (C=O) groups excluding carboxylic acids is 2. The van der Waals surface area contributed by atoms with E-state index in [4.69, 9.17) is 0 Å². The van der Waals surface area contributed by atoms with Crippen molar-refractivity contribution < 1.29 is 9.59 Å². The lowest BCUT2D eigenvalue weighted by Gasteiger charge is -2.32. The van der Waals surface area contributed by atoms with Crippen LogP contribution in [0.3, 0.4) is 0 Å². The van der Waals surface area contributed by atoms with Gasteiger partial charge in [0.2, 0.25) is 11.8 Å². The number of nitrogens with zero attached hydrogens (tertiary/aromatic N) is 2. The summed E-state index contributed by atoms with van der Waals surface area (Å²) in [5, 5.41) is 3.17. The van der Waals surface area contributed by atoms with Crippen LogP contribution in [0.2, 0.25) is 0 Å². The van der Waals surface area contributed by atoms with Gasteiger partial charge in [-0.05, 0) is 25.0 Å². The molecule has 0 spiro atoms. The molecule has 1 atom stereocenters. The van der Waals surface area contributed by atoms with Gasteiger partial charge in [0.05, 0.1) is 12.5 Å². The molecule has 22 heavy (non-hydrogen) atoms. The molecule has 6 heteroatoms. The molecular weight excluding hydrogens is 302 g/mol. The Hall–Kier alpha value is -1.59. The first-order valence-corrected chi connectivity index (χ1v) is 7.61. The van der Waals surface area contributed by atoms with E-state index >= 15 is 0 Å². The zero-order chi connectivity index (χ0) is 14.8. The zero-order valence-electron chi connectivity index (χ0n) is 12.7. The quantitative estimate of drug-likeness (QED) is 0.909. The van der Waals surface area contributed by atoms with Gasteiger partial charge in [0, 0.05) is 31.9 Å². The van der Waals surface area contributed by atoms with Gasteiger partial charge in [-0.3, -0.25) is 9.59 Å². The van der Waals surface area contributed by atoms with Gasteiger partial charge in [0.15, 0.2) is 0 Å². The number of carbonyl (C=O) groups is 2. The fraction of sp³-hybridized carbons (Fsp3) is 0.500. The van der Waals surface area contributed by atoms with Gasteiger partial charge in [-0.2, -0.15) is 0 Å². The number of hydrogen-bond donors (Lipinski definition) is 1. The van der Waals surface area contributed by atoms with Gasteiger partial charge in [-0.1, -0.05) is 18.2 Å². The summed E-state index contributed by atoms with van der Waals surface area (Å²) in [5.41, 5.74) is 2.21.